The maximum absolute atomic E-state index is 8.94. The normalized spacial score (nSPS) is 25.3. The van der Waals surface area contributed by atoms with E-state index >= 15 is 0 Å². The lowest BCUT2D eigenvalue weighted by Gasteiger charge is -2.34. The molecule has 2 rings (SSSR count). The van der Waals surface area contributed by atoms with Gasteiger partial charge in [-0.25, -0.2) is 4.89 Å². The molecule has 0 saturated heterocycles. The molecule has 2 nitrogen and oxygen atoms in total. The largest absolute Gasteiger partial charge is 0.252 e. The molecule has 2 atom stereocenters. The van der Waals surface area contributed by atoms with Gasteiger partial charge in [-0.3, -0.25) is 5.26 Å². The highest BCUT2D eigenvalue weighted by Crippen LogP contribution is 2.37. The molecule has 1 aromatic carbocycles. The van der Waals surface area contributed by atoms with Gasteiger partial charge in [0.05, 0.1) is 0 Å². The molecule has 0 aliphatic heterocycles. The van der Waals surface area contributed by atoms with Crippen LogP contribution in [0.1, 0.15) is 37.3 Å². The number of rotatable bonds is 2. The third kappa shape index (κ3) is 1.92. The van der Waals surface area contributed by atoms with E-state index in [1.54, 1.807) is 0 Å². The Labute approximate surface area is 90.8 Å². The van der Waals surface area contributed by atoms with Crippen LogP contribution in [0.2, 0.25) is 0 Å². The Morgan fingerprint density at radius 1 is 1.33 bits per heavy atom. The molecule has 1 aliphatic carbocycles. The van der Waals surface area contributed by atoms with Crippen molar-refractivity contribution in [3.63, 3.8) is 0 Å². The van der Waals surface area contributed by atoms with Gasteiger partial charge in [-0.2, -0.15) is 0 Å². The Hall–Kier alpha value is -0.860. The second-order valence-corrected chi connectivity index (χ2v) is 4.65. The van der Waals surface area contributed by atoms with Crippen LogP contribution in [-0.4, -0.2) is 11.4 Å². The van der Waals surface area contributed by atoms with Crippen LogP contribution in [0.4, 0.5) is 0 Å². The van der Waals surface area contributed by atoms with Crippen molar-refractivity contribution in [2.24, 2.45) is 5.92 Å². The molecule has 0 heterocycles. The summed E-state index contributed by atoms with van der Waals surface area (Å²) in [5.74, 6) is 0.809. The lowest BCUT2D eigenvalue weighted by molar-refractivity contribution is -0.288. The molecule has 1 aromatic rings. The summed E-state index contributed by atoms with van der Waals surface area (Å²) in [4.78, 5) is 4.62. The van der Waals surface area contributed by atoms with Crippen LogP contribution in [0.3, 0.4) is 0 Å². The fourth-order valence-electron chi connectivity index (χ4n) is 2.67. The predicted octanol–water partition coefficient (Wildman–Crippen LogP) is 3.23. The summed E-state index contributed by atoms with van der Waals surface area (Å²) < 4.78 is 0. The predicted molar refractivity (Wildman–Crippen MR) is 59.8 cm³/mol. The highest BCUT2D eigenvalue weighted by molar-refractivity contribution is 5.34. The van der Waals surface area contributed by atoms with Crippen molar-refractivity contribution in [2.75, 3.05) is 0 Å². The Balaban J connectivity index is 2.38. The first-order chi connectivity index (χ1) is 7.24. The molecule has 0 bridgehead atoms. The molecule has 15 heavy (non-hydrogen) atoms. The summed E-state index contributed by atoms with van der Waals surface area (Å²) in [6.07, 6.45) is 1.88. The third-order valence-corrected chi connectivity index (χ3v) is 3.37. The fourth-order valence-corrected chi connectivity index (χ4v) is 2.67. The summed E-state index contributed by atoms with van der Waals surface area (Å²) in [6, 6.07) is 8.48. The average molecular weight is 206 g/mol. The van der Waals surface area contributed by atoms with Crippen molar-refractivity contribution in [1.82, 2.24) is 0 Å². The number of benzene rings is 1. The molecule has 0 amide bonds. The minimum atomic E-state index is -0.0418. The van der Waals surface area contributed by atoms with E-state index in [0.717, 1.165) is 12.8 Å². The monoisotopic (exact) mass is 206 g/mol. The molecule has 82 valence electrons. The van der Waals surface area contributed by atoms with E-state index in [-0.39, 0.29) is 6.10 Å². The SMILES string of the molecule is CC(C)C1c2ccccc2CCC1OO. The van der Waals surface area contributed by atoms with E-state index in [9.17, 15) is 0 Å². The van der Waals surface area contributed by atoms with E-state index in [4.69, 9.17) is 5.26 Å². The van der Waals surface area contributed by atoms with E-state index in [1.165, 1.54) is 11.1 Å². The molecule has 2 unspecified atom stereocenters. The van der Waals surface area contributed by atoms with Crippen LogP contribution in [0.25, 0.3) is 0 Å². The smallest absolute Gasteiger partial charge is 0.100 e. The zero-order chi connectivity index (χ0) is 10.8. The maximum Gasteiger partial charge on any atom is 0.100 e. The summed E-state index contributed by atoms with van der Waals surface area (Å²) in [5, 5.41) is 8.94. The van der Waals surface area contributed by atoms with Crippen LogP contribution in [0.5, 0.6) is 0 Å². The molecule has 0 fully saturated rings. The van der Waals surface area contributed by atoms with Crippen molar-refractivity contribution in [1.29, 1.82) is 0 Å². The summed E-state index contributed by atoms with van der Waals surface area (Å²) in [6.45, 7) is 4.36. The molecular weight excluding hydrogens is 188 g/mol. The van der Waals surface area contributed by atoms with Gasteiger partial charge in [0.15, 0.2) is 0 Å². The van der Waals surface area contributed by atoms with E-state index in [2.05, 4.69) is 43.0 Å². The van der Waals surface area contributed by atoms with Crippen molar-refractivity contribution in [3.05, 3.63) is 35.4 Å². The van der Waals surface area contributed by atoms with Gasteiger partial charge in [0, 0.05) is 5.92 Å². The Morgan fingerprint density at radius 2 is 2.07 bits per heavy atom. The number of hydrogen-bond donors (Lipinski definition) is 1. The van der Waals surface area contributed by atoms with E-state index in [0.29, 0.717) is 11.8 Å². The first-order valence-electron chi connectivity index (χ1n) is 5.62. The van der Waals surface area contributed by atoms with Crippen molar-refractivity contribution < 1.29 is 10.1 Å². The minimum absolute atomic E-state index is 0.0418. The zero-order valence-electron chi connectivity index (χ0n) is 9.31. The van der Waals surface area contributed by atoms with Gasteiger partial charge in [-0.05, 0) is 29.9 Å². The molecule has 0 aromatic heterocycles. The molecule has 1 aliphatic rings. The molecule has 1 N–H and O–H groups in total. The van der Waals surface area contributed by atoms with Gasteiger partial charge in [0.1, 0.15) is 6.10 Å². The second-order valence-electron chi connectivity index (χ2n) is 4.65. The van der Waals surface area contributed by atoms with Crippen molar-refractivity contribution in [3.8, 4) is 0 Å². The standard InChI is InChI=1S/C13H18O2/c1-9(2)13-11-6-4-3-5-10(11)7-8-12(13)15-14/h3-6,9,12-14H,7-8H2,1-2H3. The maximum atomic E-state index is 8.94. The Kier molecular flexibility index (Phi) is 3.08. The lowest BCUT2D eigenvalue weighted by Crippen LogP contribution is -2.30. The van der Waals surface area contributed by atoms with Gasteiger partial charge in [-0.1, -0.05) is 38.1 Å². The Bertz CT molecular complexity index is 333. The van der Waals surface area contributed by atoms with Gasteiger partial charge in [0.2, 0.25) is 0 Å². The molecule has 0 spiro atoms. The average Bonchev–Trinajstić information content (AvgIpc) is 2.27. The summed E-state index contributed by atoms with van der Waals surface area (Å²) >= 11 is 0. The molecular formula is C13H18O2. The number of fused-ring (bicyclic) bond motifs is 1. The van der Waals surface area contributed by atoms with Crippen LogP contribution < -0.4 is 0 Å². The van der Waals surface area contributed by atoms with Gasteiger partial charge < -0.3 is 0 Å². The topological polar surface area (TPSA) is 29.5 Å². The van der Waals surface area contributed by atoms with Crippen molar-refractivity contribution in [2.45, 2.75) is 38.7 Å². The number of aryl methyl sites for hydroxylation is 1. The highest BCUT2D eigenvalue weighted by Gasteiger charge is 2.32. The molecule has 0 saturated carbocycles. The minimum Gasteiger partial charge on any atom is -0.252 e. The quantitative estimate of drug-likeness (QED) is 0.594. The third-order valence-electron chi connectivity index (χ3n) is 3.37. The Morgan fingerprint density at radius 3 is 2.73 bits per heavy atom. The van der Waals surface area contributed by atoms with Gasteiger partial charge in [-0.15, -0.1) is 0 Å². The zero-order valence-corrected chi connectivity index (χ0v) is 9.31. The van der Waals surface area contributed by atoms with Gasteiger partial charge >= 0.3 is 0 Å². The summed E-state index contributed by atoms with van der Waals surface area (Å²) in [5.41, 5.74) is 2.75. The first-order valence-corrected chi connectivity index (χ1v) is 5.62. The molecule has 2 heteroatoms. The van der Waals surface area contributed by atoms with Crippen LogP contribution in [0, 0.1) is 5.92 Å². The molecule has 0 radical (unpaired) electrons. The second kappa shape index (κ2) is 4.33. The van der Waals surface area contributed by atoms with Gasteiger partial charge in [0.25, 0.3) is 0 Å². The van der Waals surface area contributed by atoms with Crippen LogP contribution in [0.15, 0.2) is 24.3 Å². The van der Waals surface area contributed by atoms with E-state index in [1.807, 2.05) is 0 Å². The van der Waals surface area contributed by atoms with Crippen molar-refractivity contribution >= 4 is 0 Å². The van der Waals surface area contributed by atoms with Crippen LogP contribution in [-0.2, 0) is 11.3 Å². The fraction of sp³-hybridized carbons (Fsp3) is 0.538. The van der Waals surface area contributed by atoms with E-state index < -0.39 is 0 Å². The highest BCUT2D eigenvalue weighted by atomic mass is 17.1. The summed E-state index contributed by atoms with van der Waals surface area (Å²) in [7, 11) is 0. The number of hydrogen-bond acceptors (Lipinski definition) is 2. The first kappa shape index (κ1) is 10.7. The van der Waals surface area contributed by atoms with Crippen LogP contribution >= 0.6 is 0 Å². The lowest BCUT2D eigenvalue weighted by atomic mass is 9.75.